The topological polar surface area (TPSA) is 64.6 Å². The van der Waals surface area contributed by atoms with Gasteiger partial charge in [-0.2, -0.15) is 0 Å². The monoisotopic (exact) mass is 367 g/mol. The lowest BCUT2D eigenvalue weighted by Gasteiger charge is -2.31. The Morgan fingerprint density at radius 1 is 1.22 bits per heavy atom. The quantitative estimate of drug-likeness (QED) is 0.762. The Morgan fingerprint density at radius 2 is 2.00 bits per heavy atom. The molecule has 0 atom stereocenters. The van der Waals surface area contributed by atoms with Crippen LogP contribution in [0, 0.1) is 6.92 Å². The molecule has 1 aliphatic rings. The molecule has 0 bridgehead atoms. The van der Waals surface area contributed by atoms with Crippen LogP contribution in [-0.2, 0) is 4.79 Å². The molecule has 1 N–H and O–H groups in total. The van der Waals surface area contributed by atoms with Gasteiger partial charge in [-0.25, -0.2) is 0 Å². The highest BCUT2D eigenvalue weighted by Gasteiger charge is 2.32. The lowest BCUT2D eigenvalue weighted by atomic mass is 9.93. The van der Waals surface area contributed by atoms with E-state index in [0.29, 0.717) is 42.9 Å². The summed E-state index contributed by atoms with van der Waals surface area (Å²) >= 11 is 0. The number of hydrogen-bond acceptors (Lipinski definition) is 4. The van der Waals surface area contributed by atoms with Gasteiger partial charge in [-0.1, -0.05) is 18.2 Å². The first kappa shape index (κ1) is 19.0. The molecule has 27 heavy (non-hydrogen) atoms. The molecular formula is C22H25NO4. The Balaban J connectivity index is 1.51. The summed E-state index contributed by atoms with van der Waals surface area (Å²) in [6.45, 7) is 6.25. The van der Waals surface area contributed by atoms with Crippen molar-refractivity contribution in [3.05, 3.63) is 53.6 Å². The van der Waals surface area contributed by atoms with Crippen LogP contribution in [0.1, 0.15) is 49.0 Å². The number of carbonyl (C=O) groups excluding carboxylic acids is 2. The van der Waals surface area contributed by atoms with E-state index >= 15 is 0 Å². The van der Waals surface area contributed by atoms with E-state index in [4.69, 9.17) is 9.47 Å². The van der Waals surface area contributed by atoms with Crippen LogP contribution in [0.15, 0.2) is 42.5 Å². The van der Waals surface area contributed by atoms with Crippen LogP contribution in [-0.4, -0.2) is 23.9 Å². The minimum atomic E-state index is -0.494. The molecule has 0 aliphatic carbocycles. The van der Waals surface area contributed by atoms with Crippen LogP contribution >= 0.6 is 0 Å². The first-order valence-corrected chi connectivity index (χ1v) is 9.19. The first-order chi connectivity index (χ1) is 12.8. The molecule has 0 saturated heterocycles. The Hall–Kier alpha value is -2.82. The van der Waals surface area contributed by atoms with E-state index in [1.807, 2.05) is 45.0 Å². The molecule has 2 aromatic carbocycles. The van der Waals surface area contributed by atoms with Crippen LogP contribution < -0.4 is 14.8 Å². The summed E-state index contributed by atoms with van der Waals surface area (Å²) in [5, 5.41) is 2.84. The van der Waals surface area contributed by atoms with E-state index in [1.165, 1.54) is 0 Å². The summed E-state index contributed by atoms with van der Waals surface area (Å²) in [5.41, 5.74) is 1.71. The molecule has 0 fully saturated rings. The van der Waals surface area contributed by atoms with Crippen molar-refractivity contribution in [1.82, 2.24) is 0 Å². The van der Waals surface area contributed by atoms with Gasteiger partial charge in [-0.15, -0.1) is 0 Å². The summed E-state index contributed by atoms with van der Waals surface area (Å²) in [6.07, 6.45) is 1.29. The van der Waals surface area contributed by atoms with E-state index in [-0.39, 0.29) is 11.7 Å². The van der Waals surface area contributed by atoms with Crippen molar-refractivity contribution in [3.8, 4) is 11.5 Å². The number of ether oxygens (including phenoxy) is 2. The summed E-state index contributed by atoms with van der Waals surface area (Å²) in [7, 11) is 0. The standard InChI is InChI=1S/C22H25NO4/c1-15-7-4-5-8-19(15)26-12-6-9-21(25)23-16-10-11-20-17(13-16)18(24)14-22(2,3)27-20/h4-5,7-8,10-11,13H,6,9,12,14H2,1-3H3,(H,23,25). The van der Waals surface area contributed by atoms with Gasteiger partial charge < -0.3 is 14.8 Å². The fourth-order valence-corrected chi connectivity index (χ4v) is 3.09. The molecule has 2 aromatic rings. The predicted octanol–water partition coefficient (Wildman–Crippen LogP) is 4.54. The van der Waals surface area contributed by atoms with E-state index in [0.717, 1.165) is 11.3 Å². The SMILES string of the molecule is Cc1ccccc1OCCCC(=O)Nc1ccc2c(c1)C(=O)CC(C)(C)O2. The maximum absolute atomic E-state index is 12.3. The second kappa shape index (κ2) is 7.82. The van der Waals surface area contributed by atoms with E-state index in [1.54, 1.807) is 18.2 Å². The Bertz CT molecular complexity index is 857. The zero-order valence-corrected chi connectivity index (χ0v) is 16.0. The predicted molar refractivity (Wildman–Crippen MR) is 105 cm³/mol. The molecule has 3 rings (SSSR count). The van der Waals surface area contributed by atoms with Crippen molar-refractivity contribution in [2.75, 3.05) is 11.9 Å². The third-order valence-corrected chi connectivity index (χ3v) is 4.44. The number of amides is 1. The van der Waals surface area contributed by atoms with Crippen molar-refractivity contribution < 1.29 is 19.1 Å². The zero-order chi connectivity index (χ0) is 19.4. The van der Waals surface area contributed by atoms with Crippen molar-refractivity contribution in [1.29, 1.82) is 0 Å². The van der Waals surface area contributed by atoms with Gasteiger partial charge in [-0.05, 0) is 57.0 Å². The van der Waals surface area contributed by atoms with Gasteiger partial charge in [0, 0.05) is 12.1 Å². The molecule has 142 valence electrons. The van der Waals surface area contributed by atoms with Gasteiger partial charge in [0.05, 0.1) is 18.6 Å². The number of fused-ring (bicyclic) bond motifs is 1. The fraction of sp³-hybridized carbons (Fsp3) is 0.364. The van der Waals surface area contributed by atoms with Crippen LogP contribution in [0.4, 0.5) is 5.69 Å². The van der Waals surface area contributed by atoms with Gasteiger partial charge in [0.25, 0.3) is 0 Å². The van der Waals surface area contributed by atoms with E-state index in [9.17, 15) is 9.59 Å². The molecular weight excluding hydrogens is 342 g/mol. The Labute approximate surface area is 159 Å². The largest absolute Gasteiger partial charge is 0.493 e. The van der Waals surface area contributed by atoms with Gasteiger partial charge in [0.1, 0.15) is 17.1 Å². The highest BCUT2D eigenvalue weighted by Crippen LogP contribution is 2.34. The first-order valence-electron chi connectivity index (χ1n) is 9.19. The van der Waals surface area contributed by atoms with Gasteiger partial charge >= 0.3 is 0 Å². The fourth-order valence-electron chi connectivity index (χ4n) is 3.09. The van der Waals surface area contributed by atoms with Crippen LogP contribution in [0.2, 0.25) is 0 Å². The van der Waals surface area contributed by atoms with Gasteiger partial charge in [0.15, 0.2) is 5.78 Å². The smallest absolute Gasteiger partial charge is 0.224 e. The minimum absolute atomic E-state index is 0.0315. The van der Waals surface area contributed by atoms with Crippen LogP contribution in [0.25, 0.3) is 0 Å². The highest BCUT2D eigenvalue weighted by molar-refractivity contribution is 6.02. The highest BCUT2D eigenvalue weighted by atomic mass is 16.5. The third-order valence-electron chi connectivity index (χ3n) is 4.44. The second-order valence-corrected chi connectivity index (χ2v) is 7.44. The van der Waals surface area contributed by atoms with Crippen molar-refractivity contribution >= 4 is 17.4 Å². The molecule has 0 spiro atoms. The van der Waals surface area contributed by atoms with Crippen molar-refractivity contribution in [2.24, 2.45) is 0 Å². The average Bonchev–Trinajstić information content (AvgIpc) is 2.60. The Kier molecular flexibility index (Phi) is 5.49. The molecule has 1 amide bonds. The molecule has 0 saturated carbocycles. The van der Waals surface area contributed by atoms with Gasteiger partial charge in [-0.3, -0.25) is 9.59 Å². The maximum Gasteiger partial charge on any atom is 0.224 e. The number of nitrogens with one attached hydrogen (secondary N) is 1. The number of rotatable bonds is 6. The normalized spacial score (nSPS) is 14.9. The van der Waals surface area contributed by atoms with Crippen LogP contribution in [0.5, 0.6) is 11.5 Å². The van der Waals surface area contributed by atoms with E-state index in [2.05, 4.69) is 5.32 Å². The third kappa shape index (κ3) is 4.88. The molecule has 5 nitrogen and oxygen atoms in total. The molecule has 5 heteroatoms. The molecule has 0 unspecified atom stereocenters. The number of anilines is 1. The molecule has 0 aromatic heterocycles. The summed E-state index contributed by atoms with van der Waals surface area (Å²) in [4.78, 5) is 24.5. The molecule has 1 aliphatic heterocycles. The zero-order valence-electron chi connectivity index (χ0n) is 16.0. The Morgan fingerprint density at radius 3 is 2.78 bits per heavy atom. The number of hydrogen-bond donors (Lipinski definition) is 1. The average molecular weight is 367 g/mol. The summed E-state index contributed by atoms with van der Waals surface area (Å²) in [6, 6.07) is 13.0. The molecule has 0 radical (unpaired) electrons. The van der Waals surface area contributed by atoms with Crippen molar-refractivity contribution in [2.45, 2.75) is 45.6 Å². The maximum atomic E-state index is 12.3. The number of ketones is 1. The number of aryl methyl sites for hydroxylation is 1. The summed E-state index contributed by atoms with van der Waals surface area (Å²) in [5.74, 6) is 1.34. The summed E-state index contributed by atoms with van der Waals surface area (Å²) < 4.78 is 11.5. The van der Waals surface area contributed by atoms with E-state index < -0.39 is 5.60 Å². The lowest BCUT2D eigenvalue weighted by molar-refractivity contribution is -0.116. The van der Waals surface area contributed by atoms with Crippen LogP contribution in [0.3, 0.4) is 0 Å². The number of para-hydroxylation sites is 1. The lowest BCUT2D eigenvalue weighted by Crippen LogP contribution is -2.35. The number of benzene rings is 2. The molecule has 1 heterocycles. The van der Waals surface area contributed by atoms with Gasteiger partial charge in [0.2, 0.25) is 5.91 Å². The minimum Gasteiger partial charge on any atom is -0.493 e. The number of carbonyl (C=O) groups is 2. The second-order valence-electron chi connectivity index (χ2n) is 7.44. The van der Waals surface area contributed by atoms with Crippen molar-refractivity contribution in [3.63, 3.8) is 0 Å². The number of Topliss-reactive ketones (excluding diaryl/α,β-unsaturated/α-hetero) is 1.